The molecular formula is C17H18Cl2N2O4S. The number of hydrogen-bond donors (Lipinski definition) is 1. The van der Waals surface area contributed by atoms with Crippen LogP contribution < -0.4 is 5.32 Å². The lowest BCUT2D eigenvalue weighted by Crippen LogP contribution is -2.24. The Balaban J connectivity index is 1.90. The van der Waals surface area contributed by atoms with Crippen LogP contribution in [-0.4, -0.2) is 31.9 Å². The first-order chi connectivity index (χ1) is 12.1. The van der Waals surface area contributed by atoms with Gasteiger partial charge in [0.05, 0.1) is 12.8 Å². The van der Waals surface area contributed by atoms with Gasteiger partial charge in [0.15, 0.2) is 0 Å². The third-order valence-corrected chi connectivity index (χ3v) is 5.34. The predicted molar refractivity (Wildman–Crippen MR) is 102 cm³/mol. The number of nitrogens with one attached hydrogen (secondary N) is 1. The van der Waals surface area contributed by atoms with Crippen molar-refractivity contribution >= 4 is 45.2 Å². The molecule has 0 fully saturated rings. The van der Waals surface area contributed by atoms with Crippen molar-refractivity contribution in [1.29, 1.82) is 0 Å². The summed E-state index contributed by atoms with van der Waals surface area (Å²) in [5.74, 6) is 0.606. The number of furan rings is 1. The number of rotatable bonds is 7. The number of benzene rings is 1. The van der Waals surface area contributed by atoms with Crippen molar-refractivity contribution in [3.8, 4) is 0 Å². The minimum Gasteiger partial charge on any atom is -0.460 e. The van der Waals surface area contributed by atoms with E-state index in [1.165, 1.54) is 23.5 Å². The van der Waals surface area contributed by atoms with Crippen LogP contribution in [0.25, 0.3) is 6.08 Å². The van der Waals surface area contributed by atoms with Crippen LogP contribution in [0, 0.1) is 0 Å². The minimum atomic E-state index is -3.29. The highest BCUT2D eigenvalue weighted by Gasteiger charge is 2.13. The summed E-state index contributed by atoms with van der Waals surface area (Å²) in [6.07, 6.45) is 3.95. The summed E-state index contributed by atoms with van der Waals surface area (Å²) < 4.78 is 29.4. The van der Waals surface area contributed by atoms with Crippen molar-refractivity contribution in [3.05, 3.63) is 63.5 Å². The van der Waals surface area contributed by atoms with Gasteiger partial charge in [-0.2, -0.15) is 4.31 Å². The van der Waals surface area contributed by atoms with E-state index in [0.717, 1.165) is 11.8 Å². The van der Waals surface area contributed by atoms with E-state index >= 15 is 0 Å². The van der Waals surface area contributed by atoms with Gasteiger partial charge < -0.3 is 9.73 Å². The molecule has 1 aromatic heterocycles. The van der Waals surface area contributed by atoms with Crippen molar-refractivity contribution in [2.24, 2.45) is 0 Å². The van der Waals surface area contributed by atoms with Crippen molar-refractivity contribution in [3.63, 3.8) is 0 Å². The Morgan fingerprint density at radius 2 is 2.00 bits per heavy atom. The Morgan fingerprint density at radius 3 is 2.65 bits per heavy atom. The number of nitrogens with zero attached hydrogens (tertiary/aromatic N) is 1. The molecule has 0 saturated heterocycles. The van der Waals surface area contributed by atoms with Crippen molar-refractivity contribution < 1.29 is 17.6 Å². The Labute approximate surface area is 162 Å². The van der Waals surface area contributed by atoms with Crippen LogP contribution in [-0.2, 0) is 27.9 Å². The summed E-state index contributed by atoms with van der Waals surface area (Å²) in [6.45, 7) is 0.385. The van der Waals surface area contributed by atoms with Crippen LogP contribution in [0.5, 0.6) is 0 Å². The summed E-state index contributed by atoms with van der Waals surface area (Å²) >= 11 is 11.9. The summed E-state index contributed by atoms with van der Waals surface area (Å²) in [6, 6.07) is 8.37. The van der Waals surface area contributed by atoms with Crippen LogP contribution in [0.4, 0.5) is 0 Å². The van der Waals surface area contributed by atoms with Gasteiger partial charge in [0.2, 0.25) is 15.9 Å². The van der Waals surface area contributed by atoms with Gasteiger partial charge >= 0.3 is 0 Å². The van der Waals surface area contributed by atoms with Crippen LogP contribution in [0.1, 0.15) is 17.1 Å². The number of amides is 1. The molecule has 1 amide bonds. The van der Waals surface area contributed by atoms with Gasteiger partial charge in [-0.25, -0.2) is 8.42 Å². The van der Waals surface area contributed by atoms with Crippen LogP contribution in [0.2, 0.25) is 10.0 Å². The van der Waals surface area contributed by atoms with Gasteiger partial charge in [0.25, 0.3) is 0 Å². The summed E-state index contributed by atoms with van der Waals surface area (Å²) in [4.78, 5) is 11.9. The number of sulfonamides is 1. The molecule has 0 atom stereocenters. The van der Waals surface area contributed by atoms with E-state index in [-0.39, 0.29) is 19.0 Å². The monoisotopic (exact) mass is 416 g/mol. The Hall–Kier alpha value is -1.80. The summed E-state index contributed by atoms with van der Waals surface area (Å²) in [7, 11) is -1.82. The molecule has 0 saturated carbocycles. The zero-order chi connectivity index (χ0) is 19.3. The first-order valence-corrected chi connectivity index (χ1v) is 10.2. The van der Waals surface area contributed by atoms with Gasteiger partial charge in [-0.15, -0.1) is 0 Å². The molecule has 0 aliphatic heterocycles. The normalized spacial score (nSPS) is 12.0. The standard InChI is InChI=1S/C17H18Cl2N2O4S/c1-21(26(2,23)24)11-15-6-5-14(25-15)7-8-17(22)20-10-12-3-4-13(18)9-16(12)19/h3-9H,10-11H2,1-2H3,(H,20,22)/b8-7+. The number of hydrogen-bond acceptors (Lipinski definition) is 4. The van der Waals surface area contributed by atoms with Gasteiger partial charge in [-0.3, -0.25) is 4.79 Å². The molecule has 2 rings (SSSR count). The molecule has 26 heavy (non-hydrogen) atoms. The van der Waals surface area contributed by atoms with Crippen LogP contribution in [0.15, 0.2) is 40.8 Å². The maximum absolute atomic E-state index is 11.9. The van der Waals surface area contributed by atoms with Gasteiger partial charge in [0.1, 0.15) is 11.5 Å². The Bertz CT molecular complexity index is 923. The zero-order valence-corrected chi connectivity index (χ0v) is 16.5. The molecular weight excluding hydrogens is 399 g/mol. The SMILES string of the molecule is CN(Cc1ccc(/C=C/C(=O)NCc2ccc(Cl)cc2Cl)o1)S(C)(=O)=O. The fraction of sp³-hybridized carbons (Fsp3) is 0.235. The molecule has 9 heteroatoms. The number of carbonyl (C=O) groups excluding carboxylic acids is 1. The maximum Gasteiger partial charge on any atom is 0.244 e. The largest absolute Gasteiger partial charge is 0.460 e. The van der Waals surface area contributed by atoms with Crippen molar-refractivity contribution in [2.75, 3.05) is 13.3 Å². The lowest BCUT2D eigenvalue weighted by molar-refractivity contribution is -0.116. The molecule has 6 nitrogen and oxygen atoms in total. The van der Waals surface area contributed by atoms with E-state index in [4.69, 9.17) is 27.6 Å². The van der Waals surface area contributed by atoms with E-state index in [2.05, 4.69) is 5.32 Å². The van der Waals surface area contributed by atoms with Crippen molar-refractivity contribution in [2.45, 2.75) is 13.1 Å². The average Bonchev–Trinajstić information content (AvgIpc) is 2.98. The summed E-state index contributed by atoms with van der Waals surface area (Å²) in [5.41, 5.74) is 0.752. The second-order valence-electron chi connectivity index (χ2n) is 5.61. The molecule has 2 aromatic rings. The molecule has 1 N–H and O–H groups in total. The highest BCUT2D eigenvalue weighted by molar-refractivity contribution is 7.88. The predicted octanol–water partition coefficient (Wildman–Crippen LogP) is 3.31. The molecule has 1 heterocycles. The molecule has 0 aliphatic rings. The fourth-order valence-electron chi connectivity index (χ4n) is 1.97. The molecule has 0 bridgehead atoms. The third-order valence-electron chi connectivity index (χ3n) is 3.49. The van der Waals surface area contributed by atoms with Gasteiger partial charge in [-0.05, 0) is 35.9 Å². The Kier molecular flexibility index (Phi) is 6.88. The third kappa shape index (κ3) is 6.17. The summed E-state index contributed by atoms with van der Waals surface area (Å²) in [5, 5.41) is 3.71. The molecule has 140 valence electrons. The topological polar surface area (TPSA) is 79.6 Å². The molecule has 0 unspecified atom stereocenters. The maximum atomic E-state index is 11.9. The highest BCUT2D eigenvalue weighted by Crippen LogP contribution is 2.20. The van der Waals surface area contributed by atoms with E-state index < -0.39 is 10.0 Å². The first-order valence-electron chi connectivity index (χ1n) is 7.55. The lowest BCUT2D eigenvalue weighted by atomic mass is 10.2. The smallest absolute Gasteiger partial charge is 0.244 e. The number of carbonyl (C=O) groups is 1. The van der Waals surface area contributed by atoms with Crippen molar-refractivity contribution in [1.82, 2.24) is 9.62 Å². The van der Waals surface area contributed by atoms with E-state index in [1.54, 1.807) is 30.3 Å². The minimum absolute atomic E-state index is 0.119. The quantitative estimate of drug-likeness (QED) is 0.702. The molecule has 0 aliphatic carbocycles. The fourth-order valence-corrected chi connectivity index (χ4v) is 2.81. The first kappa shape index (κ1) is 20.5. The second kappa shape index (κ2) is 8.73. The van der Waals surface area contributed by atoms with E-state index in [9.17, 15) is 13.2 Å². The molecule has 0 radical (unpaired) electrons. The zero-order valence-electron chi connectivity index (χ0n) is 14.2. The van der Waals surface area contributed by atoms with Crippen LogP contribution >= 0.6 is 23.2 Å². The van der Waals surface area contributed by atoms with E-state index in [1.807, 2.05) is 0 Å². The van der Waals surface area contributed by atoms with Crippen LogP contribution in [0.3, 0.4) is 0 Å². The second-order valence-corrected chi connectivity index (χ2v) is 8.54. The average molecular weight is 417 g/mol. The van der Waals surface area contributed by atoms with E-state index in [0.29, 0.717) is 21.6 Å². The molecule has 0 spiro atoms. The van der Waals surface area contributed by atoms with Gasteiger partial charge in [0, 0.05) is 29.7 Å². The van der Waals surface area contributed by atoms with Gasteiger partial charge in [-0.1, -0.05) is 29.3 Å². The number of halogens is 2. The Morgan fingerprint density at radius 1 is 1.27 bits per heavy atom. The molecule has 1 aromatic carbocycles. The lowest BCUT2D eigenvalue weighted by Gasteiger charge is -2.11. The highest BCUT2D eigenvalue weighted by atomic mass is 35.5.